The maximum absolute atomic E-state index is 13.0. The van der Waals surface area contributed by atoms with E-state index in [9.17, 15) is 4.79 Å². The molecule has 0 spiro atoms. The summed E-state index contributed by atoms with van der Waals surface area (Å²) in [6.45, 7) is 8.92. The number of halogens is 1. The summed E-state index contributed by atoms with van der Waals surface area (Å²) in [4.78, 5) is 14.9. The molecule has 120 valence electrons. The SMILES string of the molecule is CN(CC(C)(C)C)C(=O)C1(n2cccn2)CCNCC1.Cl. The number of hydrogen-bond acceptors (Lipinski definition) is 3. The van der Waals surface area contributed by atoms with E-state index in [2.05, 4.69) is 31.2 Å². The van der Waals surface area contributed by atoms with Crippen LogP contribution < -0.4 is 5.32 Å². The van der Waals surface area contributed by atoms with Crippen molar-refractivity contribution in [1.82, 2.24) is 20.0 Å². The smallest absolute Gasteiger partial charge is 0.250 e. The number of likely N-dealkylation sites (N-methyl/N-ethyl adjacent to an activating group) is 1. The summed E-state index contributed by atoms with van der Waals surface area (Å²) in [7, 11) is 1.90. The minimum Gasteiger partial charge on any atom is -0.343 e. The number of carbonyl (C=O) groups excluding carboxylic acids is 1. The molecule has 1 N–H and O–H groups in total. The summed E-state index contributed by atoms with van der Waals surface area (Å²) in [6.07, 6.45) is 5.25. The molecule has 5 nitrogen and oxygen atoms in total. The minimum atomic E-state index is -0.519. The molecule has 0 radical (unpaired) electrons. The van der Waals surface area contributed by atoms with Gasteiger partial charge in [0.1, 0.15) is 5.54 Å². The highest BCUT2D eigenvalue weighted by Crippen LogP contribution is 2.30. The third-order valence-corrected chi connectivity index (χ3v) is 3.83. The number of piperidine rings is 1. The number of aromatic nitrogens is 2. The highest BCUT2D eigenvalue weighted by atomic mass is 35.5. The standard InChI is InChI=1S/C15H26N4O.ClH/c1-14(2,3)12-18(4)13(20)15(6-9-16-10-7-15)19-11-5-8-17-19;/h5,8,11,16H,6-7,9-10,12H2,1-4H3;1H. The Kier molecular flexibility index (Phi) is 5.82. The molecule has 1 aliphatic rings. The molecule has 2 heterocycles. The lowest BCUT2D eigenvalue weighted by Gasteiger charge is -2.40. The largest absolute Gasteiger partial charge is 0.343 e. The van der Waals surface area contributed by atoms with Gasteiger partial charge in [-0.25, -0.2) is 0 Å². The predicted octanol–water partition coefficient (Wildman–Crippen LogP) is 1.89. The van der Waals surface area contributed by atoms with E-state index in [1.54, 1.807) is 6.20 Å². The minimum absolute atomic E-state index is 0. The predicted molar refractivity (Wildman–Crippen MR) is 86.6 cm³/mol. The molecule has 1 aromatic rings. The molecule has 0 saturated carbocycles. The van der Waals surface area contributed by atoms with Crippen LogP contribution in [0.15, 0.2) is 18.5 Å². The zero-order valence-corrected chi connectivity index (χ0v) is 14.2. The van der Waals surface area contributed by atoms with E-state index in [4.69, 9.17) is 0 Å². The molecule has 0 unspecified atom stereocenters. The van der Waals surface area contributed by atoms with Gasteiger partial charge in [0, 0.05) is 26.0 Å². The van der Waals surface area contributed by atoms with E-state index in [0.29, 0.717) is 0 Å². The van der Waals surface area contributed by atoms with Gasteiger partial charge in [0.25, 0.3) is 0 Å². The molecule has 0 aliphatic carbocycles. The number of rotatable bonds is 3. The first-order valence-electron chi connectivity index (χ1n) is 7.32. The molecule has 0 bridgehead atoms. The first-order chi connectivity index (χ1) is 9.35. The van der Waals surface area contributed by atoms with E-state index >= 15 is 0 Å². The van der Waals surface area contributed by atoms with E-state index in [-0.39, 0.29) is 23.7 Å². The molecule has 1 amide bonds. The summed E-state index contributed by atoms with van der Waals surface area (Å²) in [5.74, 6) is 0.178. The quantitative estimate of drug-likeness (QED) is 0.927. The fourth-order valence-corrected chi connectivity index (χ4v) is 3.04. The Morgan fingerprint density at radius 3 is 2.48 bits per heavy atom. The van der Waals surface area contributed by atoms with Crippen molar-refractivity contribution in [2.24, 2.45) is 5.41 Å². The van der Waals surface area contributed by atoms with Crippen molar-refractivity contribution < 1.29 is 4.79 Å². The fourth-order valence-electron chi connectivity index (χ4n) is 3.04. The lowest BCUT2D eigenvalue weighted by molar-refractivity contribution is -0.143. The van der Waals surface area contributed by atoms with Crippen molar-refractivity contribution in [3.8, 4) is 0 Å². The molecule has 1 fully saturated rings. The van der Waals surface area contributed by atoms with E-state index in [0.717, 1.165) is 32.5 Å². The Morgan fingerprint density at radius 2 is 2.00 bits per heavy atom. The summed E-state index contributed by atoms with van der Waals surface area (Å²) in [5, 5.41) is 7.69. The van der Waals surface area contributed by atoms with Gasteiger partial charge < -0.3 is 10.2 Å². The highest BCUT2D eigenvalue weighted by molar-refractivity contribution is 5.85. The van der Waals surface area contributed by atoms with Crippen LogP contribution in [-0.4, -0.2) is 47.3 Å². The highest BCUT2D eigenvalue weighted by Gasteiger charge is 2.44. The second kappa shape index (κ2) is 6.79. The fraction of sp³-hybridized carbons (Fsp3) is 0.733. The normalized spacial score (nSPS) is 17.9. The summed E-state index contributed by atoms with van der Waals surface area (Å²) >= 11 is 0. The molecular formula is C15H27ClN4O. The van der Waals surface area contributed by atoms with Gasteiger partial charge in [0.05, 0.1) is 0 Å². The Bertz CT molecular complexity index is 447. The van der Waals surface area contributed by atoms with Crippen LogP contribution in [0.5, 0.6) is 0 Å². The topological polar surface area (TPSA) is 50.2 Å². The van der Waals surface area contributed by atoms with Crippen LogP contribution in [0.3, 0.4) is 0 Å². The molecule has 1 aliphatic heterocycles. The maximum atomic E-state index is 13.0. The molecule has 6 heteroatoms. The van der Waals surface area contributed by atoms with E-state index < -0.39 is 5.54 Å². The number of carbonyl (C=O) groups is 1. The number of nitrogens with zero attached hydrogens (tertiary/aromatic N) is 3. The molecule has 21 heavy (non-hydrogen) atoms. The van der Waals surface area contributed by atoms with Crippen LogP contribution in [0, 0.1) is 5.41 Å². The monoisotopic (exact) mass is 314 g/mol. The van der Waals surface area contributed by atoms with Crippen molar-refractivity contribution in [3.05, 3.63) is 18.5 Å². The zero-order chi connectivity index (χ0) is 14.8. The average Bonchev–Trinajstić information content (AvgIpc) is 2.91. The van der Waals surface area contributed by atoms with Gasteiger partial charge in [-0.15, -0.1) is 12.4 Å². The summed E-state index contributed by atoms with van der Waals surface area (Å²) in [5.41, 5.74) is -0.419. The molecule has 0 aromatic carbocycles. The van der Waals surface area contributed by atoms with Crippen LogP contribution >= 0.6 is 12.4 Å². The number of nitrogens with one attached hydrogen (secondary N) is 1. The Labute approximate surface area is 133 Å². The first kappa shape index (κ1) is 18.0. The lowest BCUT2D eigenvalue weighted by Crippen LogP contribution is -2.55. The van der Waals surface area contributed by atoms with Gasteiger partial charge in [0.2, 0.25) is 5.91 Å². The van der Waals surface area contributed by atoms with Crippen molar-refractivity contribution in [3.63, 3.8) is 0 Å². The maximum Gasteiger partial charge on any atom is 0.250 e. The van der Waals surface area contributed by atoms with Crippen LogP contribution in [-0.2, 0) is 10.3 Å². The van der Waals surface area contributed by atoms with Crippen molar-refractivity contribution in [2.75, 3.05) is 26.7 Å². The molecular weight excluding hydrogens is 288 g/mol. The Hall–Kier alpha value is -1.07. The van der Waals surface area contributed by atoms with Crippen LogP contribution in [0.25, 0.3) is 0 Å². The summed E-state index contributed by atoms with van der Waals surface area (Å²) in [6, 6.07) is 1.89. The van der Waals surface area contributed by atoms with Crippen molar-refractivity contribution in [1.29, 1.82) is 0 Å². The molecule has 2 rings (SSSR count). The Morgan fingerprint density at radius 1 is 1.38 bits per heavy atom. The zero-order valence-electron chi connectivity index (χ0n) is 13.4. The van der Waals surface area contributed by atoms with Crippen LogP contribution in [0.1, 0.15) is 33.6 Å². The van der Waals surface area contributed by atoms with Crippen LogP contribution in [0.4, 0.5) is 0 Å². The number of amides is 1. The van der Waals surface area contributed by atoms with E-state index in [1.807, 2.05) is 28.9 Å². The van der Waals surface area contributed by atoms with Gasteiger partial charge in [-0.05, 0) is 37.4 Å². The van der Waals surface area contributed by atoms with Crippen molar-refractivity contribution >= 4 is 18.3 Å². The Balaban J connectivity index is 0.00000220. The van der Waals surface area contributed by atoms with Gasteiger partial charge in [-0.3, -0.25) is 9.48 Å². The van der Waals surface area contributed by atoms with Gasteiger partial charge >= 0.3 is 0 Å². The second-order valence-electron chi connectivity index (χ2n) is 6.95. The third-order valence-electron chi connectivity index (χ3n) is 3.83. The van der Waals surface area contributed by atoms with Crippen molar-refractivity contribution in [2.45, 2.75) is 39.2 Å². The first-order valence-corrected chi connectivity index (χ1v) is 7.32. The second-order valence-corrected chi connectivity index (χ2v) is 6.95. The summed E-state index contributed by atoms with van der Waals surface area (Å²) < 4.78 is 1.86. The third kappa shape index (κ3) is 3.98. The molecule has 1 saturated heterocycles. The number of hydrogen-bond donors (Lipinski definition) is 1. The average molecular weight is 315 g/mol. The van der Waals surface area contributed by atoms with Gasteiger partial charge in [-0.2, -0.15) is 5.10 Å². The van der Waals surface area contributed by atoms with Crippen LogP contribution in [0.2, 0.25) is 0 Å². The van der Waals surface area contributed by atoms with E-state index in [1.165, 1.54) is 0 Å². The molecule has 1 aromatic heterocycles. The molecule has 0 atom stereocenters. The van der Waals surface area contributed by atoms with Gasteiger partial charge in [0.15, 0.2) is 0 Å². The lowest BCUT2D eigenvalue weighted by atomic mass is 9.86. The van der Waals surface area contributed by atoms with Gasteiger partial charge in [-0.1, -0.05) is 20.8 Å².